The fourth-order valence-electron chi connectivity index (χ4n) is 6.73. The van der Waals surface area contributed by atoms with Crippen molar-refractivity contribution in [3.8, 4) is 33.4 Å². The topological polar surface area (TPSA) is 26.3 Å². The Kier molecular flexibility index (Phi) is 4.93. The highest BCUT2D eigenvalue weighted by Gasteiger charge is 2.20. The van der Waals surface area contributed by atoms with E-state index < -0.39 is 0 Å². The molecule has 9 rings (SSSR count). The molecule has 0 saturated carbocycles. The van der Waals surface area contributed by atoms with Gasteiger partial charge in [0.15, 0.2) is 0 Å². The van der Waals surface area contributed by atoms with Crippen LogP contribution in [0.25, 0.3) is 87.8 Å². The van der Waals surface area contributed by atoms with E-state index in [0.717, 1.165) is 38.5 Å². The van der Waals surface area contributed by atoms with E-state index >= 15 is 0 Å². The number of rotatable bonds is 3. The second-order valence-corrected chi connectivity index (χ2v) is 10.8. The van der Waals surface area contributed by atoms with Crippen molar-refractivity contribution in [2.75, 3.05) is 0 Å². The van der Waals surface area contributed by atoms with Crippen molar-refractivity contribution in [1.82, 2.24) is 0 Å². The maximum atomic E-state index is 6.51. The highest BCUT2D eigenvalue weighted by molar-refractivity contribution is 6.23. The minimum absolute atomic E-state index is 0.838. The van der Waals surface area contributed by atoms with Gasteiger partial charge in [-0.3, -0.25) is 0 Å². The lowest BCUT2D eigenvalue weighted by Crippen LogP contribution is -1.92. The first-order chi connectivity index (χ1) is 20.8. The normalized spacial score (nSPS) is 11.8. The van der Waals surface area contributed by atoms with Gasteiger partial charge in [-0.15, -0.1) is 0 Å². The Morgan fingerprint density at radius 2 is 0.976 bits per heavy atom. The third-order valence-electron chi connectivity index (χ3n) is 8.57. The molecule has 0 aliphatic rings. The number of hydrogen-bond acceptors (Lipinski definition) is 2. The van der Waals surface area contributed by atoms with Gasteiger partial charge in [0.05, 0.1) is 11.6 Å². The van der Waals surface area contributed by atoms with Crippen molar-refractivity contribution in [3.63, 3.8) is 0 Å². The van der Waals surface area contributed by atoms with Gasteiger partial charge in [0.1, 0.15) is 16.7 Å². The van der Waals surface area contributed by atoms with Gasteiger partial charge < -0.3 is 8.83 Å². The molecule has 42 heavy (non-hydrogen) atoms. The minimum atomic E-state index is 0.838. The standard InChI is InChI=1S/C40H24O2/c1-2-10-25(11-3-1)27-12-4-5-13-29(27)39-32-16-8-6-14-30(32)38(31-15-7-9-17-33(31)39)26-18-19-28-34-20-21-36-35(22-23-41-36)40(34)42-37(28)24-26/h1-24H. The van der Waals surface area contributed by atoms with Crippen molar-refractivity contribution in [2.24, 2.45) is 0 Å². The first-order valence-electron chi connectivity index (χ1n) is 14.3. The second kappa shape index (κ2) is 8.95. The highest BCUT2D eigenvalue weighted by Crippen LogP contribution is 2.46. The van der Waals surface area contributed by atoms with Gasteiger partial charge in [-0.1, -0.05) is 109 Å². The maximum absolute atomic E-state index is 6.51. The molecule has 0 bridgehead atoms. The Bertz CT molecular complexity index is 2400. The van der Waals surface area contributed by atoms with Crippen molar-refractivity contribution < 1.29 is 8.83 Å². The smallest absolute Gasteiger partial charge is 0.146 e. The van der Waals surface area contributed by atoms with Gasteiger partial charge in [0.25, 0.3) is 0 Å². The van der Waals surface area contributed by atoms with E-state index in [9.17, 15) is 0 Å². The molecule has 196 valence electrons. The van der Waals surface area contributed by atoms with Crippen LogP contribution in [0, 0.1) is 0 Å². The lowest BCUT2D eigenvalue weighted by molar-refractivity contribution is 0.615. The van der Waals surface area contributed by atoms with E-state index in [0.29, 0.717) is 0 Å². The summed E-state index contributed by atoms with van der Waals surface area (Å²) in [6, 6.07) is 49.8. The second-order valence-electron chi connectivity index (χ2n) is 10.8. The van der Waals surface area contributed by atoms with E-state index in [4.69, 9.17) is 8.83 Å². The van der Waals surface area contributed by atoms with Gasteiger partial charge in [-0.2, -0.15) is 0 Å². The van der Waals surface area contributed by atoms with Crippen LogP contribution in [0.1, 0.15) is 0 Å². The zero-order chi connectivity index (χ0) is 27.6. The molecule has 9 aromatic rings. The van der Waals surface area contributed by atoms with E-state index in [1.165, 1.54) is 49.4 Å². The SMILES string of the molecule is c1ccc(-c2ccccc2-c2c3ccccc3c(-c3ccc4c(c3)oc3c5ccoc5ccc43)c3ccccc23)cc1. The monoisotopic (exact) mass is 536 g/mol. The van der Waals surface area contributed by atoms with Crippen LogP contribution in [0.5, 0.6) is 0 Å². The largest absolute Gasteiger partial charge is 0.464 e. The van der Waals surface area contributed by atoms with Crippen LogP contribution in [0.15, 0.2) is 155 Å². The molecule has 0 aliphatic heterocycles. The number of fused-ring (bicyclic) bond motifs is 7. The number of hydrogen-bond donors (Lipinski definition) is 0. The maximum Gasteiger partial charge on any atom is 0.146 e. The van der Waals surface area contributed by atoms with Crippen molar-refractivity contribution in [2.45, 2.75) is 0 Å². The summed E-state index contributed by atoms with van der Waals surface area (Å²) in [5, 5.41) is 8.14. The molecule has 0 N–H and O–H groups in total. The highest BCUT2D eigenvalue weighted by atomic mass is 16.3. The first kappa shape index (κ1) is 23.1. The molecule has 2 heteroatoms. The Balaban J connectivity index is 1.36. The molecule has 7 aromatic carbocycles. The molecule has 0 saturated heterocycles. The average Bonchev–Trinajstić information content (AvgIpc) is 3.68. The average molecular weight is 537 g/mol. The van der Waals surface area contributed by atoms with Crippen LogP contribution >= 0.6 is 0 Å². The quantitative estimate of drug-likeness (QED) is 0.210. The summed E-state index contributed by atoms with van der Waals surface area (Å²) in [6.45, 7) is 0. The summed E-state index contributed by atoms with van der Waals surface area (Å²) in [5.41, 5.74) is 9.89. The van der Waals surface area contributed by atoms with Crippen LogP contribution in [0.4, 0.5) is 0 Å². The zero-order valence-electron chi connectivity index (χ0n) is 22.7. The van der Waals surface area contributed by atoms with Crippen LogP contribution < -0.4 is 0 Å². The summed E-state index contributed by atoms with van der Waals surface area (Å²) < 4.78 is 12.1. The molecule has 2 nitrogen and oxygen atoms in total. The summed E-state index contributed by atoms with van der Waals surface area (Å²) in [4.78, 5) is 0. The zero-order valence-corrected chi connectivity index (χ0v) is 22.7. The van der Waals surface area contributed by atoms with E-state index in [-0.39, 0.29) is 0 Å². The summed E-state index contributed by atoms with van der Waals surface area (Å²) >= 11 is 0. The molecule has 0 radical (unpaired) electrons. The summed E-state index contributed by atoms with van der Waals surface area (Å²) in [5.74, 6) is 0. The Hall–Kier alpha value is -5.60. The Labute approximate surface area is 242 Å². The van der Waals surface area contributed by atoms with Crippen molar-refractivity contribution in [1.29, 1.82) is 0 Å². The fraction of sp³-hybridized carbons (Fsp3) is 0. The van der Waals surface area contributed by atoms with Crippen LogP contribution in [0.2, 0.25) is 0 Å². The van der Waals surface area contributed by atoms with Crippen molar-refractivity contribution in [3.05, 3.63) is 146 Å². The molecular weight excluding hydrogens is 512 g/mol. The Morgan fingerprint density at radius 1 is 0.357 bits per heavy atom. The molecule has 0 unspecified atom stereocenters. The molecular formula is C40H24O2. The van der Waals surface area contributed by atoms with E-state index in [2.05, 4.69) is 127 Å². The molecule has 0 aliphatic carbocycles. The predicted octanol–water partition coefficient (Wildman–Crippen LogP) is 11.6. The Morgan fingerprint density at radius 3 is 1.71 bits per heavy atom. The summed E-state index contributed by atoms with van der Waals surface area (Å²) in [6.07, 6.45) is 1.72. The van der Waals surface area contributed by atoms with Gasteiger partial charge in [-0.05, 0) is 85.3 Å². The molecule has 2 heterocycles. The molecule has 0 amide bonds. The van der Waals surface area contributed by atoms with Gasteiger partial charge >= 0.3 is 0 Å². The van der Waals surface area contributed by atoms with Crippen LogP contribution in [-0.2, 0) is 0 Å². The predicted molar refractivity (Wildman–Crippen MR) is 175 cm³/mol. The fourth-order valence-corrected chi connectivity index (χ4v) is 6.73. The minimum Gasteiger partial charge on any atom is -0.464 e. The lowest BCUT2D eigenvalue weighted by atomic mass is 9.84. The first-order valence-corrected chi connectivity index (χ1v) is 14.3. The number of furan rings is 2. The molecule has 2 aromatic heterocycles. The van der Waals surface area contributed by atoms with Gasteiger partial charge in [-0.25, -0.2) is 0 Å². The van der Waals surface area contributed by atoms with Crippen LogP contribution in [0.3, 0.4) is 0 Å². The summed E-state index contributed by atoms with van der Waals surface area (Å²) in [7, 11) is 0. The lowest BCUT2D eigenvalue weighted by Gasteiger charge is -2.19. The van der Waals surface area contributed by atoms with Gasteiger partial charge in [0.2, 0.25) is 0 Å². The molecule has 0 atom stereocenters. The number of benzene rings is 7. The van der Waals surface area contributed by atoms with Crippen molar-refractivity contribution >= 4 is 54.5 Å². The van der Waals surface area contributed by atoms with Gasteiger partial charge in [0, 0.05) is 10.8 Å². The van der Waals surface area contributed by atoms with Crippen LogP contribution in [-0.4, -0.2) is 0 Å². The molecule has 0 spiro atoms. The molecule has 0 fully saturated rings. The third-order valence-corrected chi connectivity index (χ3v) is 8.57. The van der Waals surface area contributed by atoms with E-state index in [1.54, 1.807) is 6.26 Å². The third kappa shape index (κ3) is 3.33. The van der Waals surface area contributed by atoms with E-state index in [1.807, 2.05) is 12.1 Å².